The van der Waals surface area contributed by atoms with E-state index in [4.69, 9.17) is 4.74 Å². The van der Waals surface area contributed by atoms with Gasteiger partial charge in [0.2, 0.25) is 17.7 Å². The van der Waals surface area contributed by atoms with Gasteiger partial charge in [0.25, 0.3) is 15.9 Å². The summed E-state index contributed by atoms with van der Waals surface area (Å²) in [6.45, 7) is 10.2. The van der Waals surface area contributed by atoms with Gasteiger partial charge in [0.15, 0.2) is 0 Å². The van der Waals surface area contributed by atoms with Gasteiger partial charge in [-0.25, -0.2) is 18.1 Å². The van der Waals surface area contributed by atoms with Crippen molar-refractivity contribution in [3.8, 4) is 17.1 Å². The molecule has 226 valence electrons. The van der Waals surface area contributed by atoms with Crippen molar-refractivity contribution in [3.63, 3.8) is 0 Å². The van der Waals surface area contributed by atoms with Crippen molar-refractivity contribution in [2.45, 2.75) is 50.6 Å². The van der Waals surface area contributed by atoms with E-state index in [0.717, 1.165) is 23.1 Å². The Morgan fingerprint density at radius 1 is 1.02 bits per heavy atom. The molecule has 3 aromatic rings. The standard InChI is InChI=1S/C31H36N6O5S/c1-19-7-5-8-20(2)27(19)25-14-26-33-30(32-25)35-43(40,41)24-10-6-9-21(13-24)29(39)37-12-11-36(17-23(37)18-42-26)16-22-15-31(3,4)34-28(22)38/h5-10,13-14,22-23H,11-12,15-18H2,1-4H3,(H,34,38)(H,32,33,35)/t22-,23-/m1/s1. The number of ether oxygens (including phenoxy) is 1. The molecule has 2 fully saturated rings. The molecule has 2 atom stereocenters. The average Bonchev–Trinajstić information content (AvgIpc) is 3.21. The van der Waals surface area contributed by atoms with E-state index < -0.39 is 10.0 Å². The number of carbonyl (C=O) groups excluding carboxylic acids is 2. The molecule has 43 heavy (non-hydrogen) atoms. The molecule has 4 heterocycles. The number of hydrogen-bond acceptors (Lipinski definition) is 8. The molecule has 2 N–H and O–H groups in total. The van der Waals surface area contributed by atoms with Crippen LogP contribution in [0.4, 0.5) is 5.95 Å². The van der Waals surface area contributed by atoms with E-state index in [1.165, 1.54) is 12.1 Å². The van der Waals surface area contributed by atoms with Gasteiger partial charge in [0.1, 0.15) is 6.61 Å². The number of anilines is 1. The van der Waals surface area contributed by atoms with Gasteiger partial charge in [0.05, 0.1) is 22.5 Å². The maximum absolute atomic E-state index is 13.8. The largest absolute Gasteiger partial charge is 0.475 e. The number of nitrogens with one attached hydrogen (secondary N) is 2. The van der Waals surface area contributed by atoms with Crippen LogP contribution in [-0.4, -0.2) is 84.4 Å². The van der Waals surface area contributed by atoms with Crippen LogP contribution in [0.2, 0.25) is 0 Å². The Morgan fingerprint density at radius 3 is 2.49 bits per heavy atom. The lowest BCUT2D eigenvalue weighted by molar-refractivity contribution is -0.123. The molecule has 3 aliphatic heterocycles. The highest BCUT2D eigenvalue weighted by atomic mass is 32.2. The number of aromatic nitrogens is 2. The number of aryl methyl sites for hydroxylation is 2. The van der Waals surface area contributed by atoms with Crippen LogP contribution >= 0.6 is 0 Å². The summed E-state index contributed by atoms with van der Waals surface area (Å²) in [6, 6.07) is 13.2. The molecule has 2 aromatic carbocycles. The smallest absolute Gasteiger partial charge is 0.264 e. The fourth-order valence-corrected chi connectivity index (χ4v) is 7.35. The summed E-state index contributed by atoms with van der Waals surface area (Å²) >= 11 is 0. The fraction of sp³-hybridized carbons (Fsp3) is 0.419. The molecule has 12 heteroatoms. The molecule has 0 saturated carbocycles. The maximum Gasteiger partial charge on any atom is 0.264 e. The molecule has 4 bridgehead atoms. The van der Waals surface area contributed by atoms with Crippen LogP contribution in [0.3, 0.4) is 0 Å². The summed E-state index contributed by atoms with van der Waals surface area (Å²) in [5.74, 6) is -0.294. The Morgan fingerprint density at radius 2 is 1.77 bits per heavy atom. The number of fused-ring (bicyclic) bond motifs is 5. The first-order valence-electron chi connectivity index (χ1n) is 14.5. The topological polar surface area (TPSA) is 134 Å². The number of benzene rings is 2. The van der Waals surface area contributed by atoms with Gasteiger partial charge >= 0.3 is 0 Å². The van der Waals surface area contributed by atoms with Gasteiger partial charge in [-0.2, -0.15) is 4.98 Å². The number of hydrogen-bond donors (Lipinski definition) is 2. The Bertz CT molecular complexity index is 1690. The summed E-state index contributed by atoms with van der Waals surface area (Å²) in [5, 5.41) is 3.06. The number of rotatable bonds is 3. The minimum atomic E-state index is -4.12. The predicted molar refractivity (Wildman–Crippen MR) is 161 cm³/mol. The number of amides is 2. The molecule has 0 unspecified atom stereocenters. The summed E-state index contributed by atoms with van der Waals surface area (Å²) < 4.78 is 35.6. The van der Waals surface area contributed by atoms with Crippen molar-refractivity contribution in [2.75, 3.05) is 37.5 Å². The first kappa shape index (κ1) is 29.1. The van der Waals surface area contributed by atoms with E-state index >= 15 is 0 Å². The van der Waals surface area contributed by atoms with Gasteiger partial charge in [-0.1, -0.05) is 24.3 Å². The highest BCUT2D eigenvalue weighted by molar-refractivity contribution is 7.92. The first-order valence-corrected chi connectivity index (χ1v) is 15.9. The number of carbonyl (C=O) groups is 2. The zero-order valence-corrected chi connectivity index (χ0v) is 25.6. The molecular formula is C31H36N6O5S. The summed E-state index contributed by atoms with van der Waals surface area (Å²) in [6.07, 6.45) is 0.741. The molecule has 2 amide bonds. The quantitative estimate of drug-likeness (QED) is 0.466. The van der Waals surface area contributed by atoms with Crippen molar-refractivity contribution in [2.24, 2.45) is 5.92 Å². The van der Waals surface area contributed by atoms with Gasteiger partial charge in [0, 0.05) is 48.9 Å². The Labute approximate surface area is 251 Å². The zero-order chi connectivity index (χ0) is 30.5. The van der Waals surface area contributed by atoms with Crippen LogP contribution in [0.1, 0.15) is 41.8 Å². The Hall–Kier alpha value is -4.03. The molecule has 0 spiro atoms. The summed E-state index contributed by atoms with van der Waals surface area (Å²) in [5.41, 5.74) is 3.35. The van der Waals surface area contributed by atoms with Crippen LogP contribution in [0.5, 0.6) is 5.88 Å². The van der Waals surface area contributed by atoms with Crippen LogP contribution in [0.25, 0.3) is 11.3 Å². The normalized spacial score (nSPS) is 23.1. The van der Waals surface area contributed by atoms with Crippen molar-refractivity contribution in [1.29, 1.82) is 0 Å². The fourth-order valence-electron chi connectivity index (χ4n) is 6.36. The van der Waals surface area contributed by atoms with E-state index in [0.29, 0.717) is 31.9 Å². The average molecular weight is 605 g/mol. The maximum atomic E-state index is 13.8. The van der Waals surface area contributed by atoms with Gasteiger partial charge < -0.3 is 15.0 Å². The minimum Gasteiger partial charge on any atom is -0.475 e. The minimum absolute atomic E-state index is 0.0489. The second-order valence-electron chi connectivity index (χ2n) is 12.3. The van der Waals surface area contributed by atoms with Crippen LogP contribution < -0.4 is 14.8 Å². The molecular weight excluding hydrogens is 568 g/mol. The Kier molecular flexibility index (Phi) is 7.37. The second-order valence-corrected chi connectivity index (χ2v) is 14.0. The number of piperazine rings is 1. The van der Waals surface area contributed by atoms with Gasteiger partial charge in [-0.15, -0.1) is 0 Å². The van der Waals surface area contributed by atoms with Gasteiger partial charge in [-0.05, 0) is 63.4 Å². The zero-order valence-electron chi connectivity index (χ0n) is 24.8. The third-order valence-corrected chi connectivity index (χ3v) is 9.70. The van der Waals surface area contributed by atoms with Crippen molar-refractivity contribution in [3.05, 3.63) is 65.2 Å². The highest BCUT2D eigenvalue weighted by Crippen LogP contribution is 2.31. The summed E-state index contributed by atoms with van der Waals surface area (Å²) in [7, 11) is -4.12. The Balaban J connectivity index is 1.38. The molecule has 3 aliphatic rings. The van der Waals surface area contributed by atoms with Crippen LogP contribution in [-0.2, 0) is 14.8 Å². The van der Waals surface area contributed by atoms with Crippen LogP contribution in [0.15, 0.2) is 53.4 Å². The molecule has 6 rings (SSSR count). The lowest BCUT2D eigenvalue weighted by atomic mass is 9.96. The predicted octanol–water partition coefficient (Wildman–Crippen LogP) is 2.99. The molecule has 0 aliphatic carbocycles. The van der Waals surface area contributed by atoms with E-state index in [2.05, 4.69) is 24.9 Å². The molecule has 1 aromatic heterocycles. The van der Waals surface area contributed by atoms with Crippen molar-refractivity contribution in [1.82, 2.24) is 25.1 Å². The van der Waals surface area contributed by atoms with Crippen molar-refractivity contribution >= 4 is 27.8 Å². The summed E-state index contributed by atoms with van der Waals surface area (Å²) in [4.78, 5) is 39.3. The lowest BCUT2D eigenvalue weighted by Crippen LogP contribution is -2.58. The first-order chi connectivity index (χ1) is 20.4. The van der Waals surface area contributed by atoms with Crippen molar-refractivity contribution < 1.29 is 22.7 Å². The third kappa shape index (κ3) is 5.94. The number of sulfonamides is 1. The highest BCUT2D eigenvalue weighted by Gasteiger charge is 2.40. The monoisotopic (exact) mass is 604 g/mol. The molecule has 11 nitrogen and oxygen atoms in total. The van der Waals surface area contributed by atoms with E-state index in [-0.39, 0.29) is 58.2 Å². The lowest BCUT2D eigenvalue weighted by Gasteiger charge is -2.41. The van der Waals surface area contributed by atoms with E-state index in [1.54, 1.807) is 23.1 Å². The van der Waals surface area contributed by atoms with E-state index in [9.17, 15) is 18.0 Å². The van der Waals surface area contributed by atoms with E-state index in [1.807, 2.05) is 45.9 Å². The molecule has 2 saturated heterocycles. The van der Waals surface area contributed by atoms with Crippen LogP contribution in [0, 0.1) is 19.8 Å². The van der Waals surface area contributed by atoms with Gasteiger partial charge in [-0.3, -0.25) is 14.5 Å². The third-order valence-electron chi connectivity index (χ3n) is 8.38. The second kappa shape index (κ2) is 10.9. The number of nitrogens with zero attached hydrogens (tertiary/aromatic N) is 4. The SMILES string of the molecule is Cc1cccc(C)c1-c1cc2nc(n1)NS(=O)(=O)c1cccc(c1)C(=O)N1CCN(C[C@H]3CC(C)(C)NC3=O)C[C@@H]1CO2. The molecule has 0 radical (unpaired) electrons.